The van der Waals surface area contributed by atoms with E-state index in [1.807, 2.05) is 44.1 Å². The highest BCUT2D eigenvalue weighted by molar-refractivity contribution is 7.92. The quantitative estimate of drug-likeness (QED) is 0.846. The van der Waals surface area contributed by atoms with Gasteiger partial charge in [-0.2, -0.15) is 0 Å². The van der Waals surface area contributed by atoms with Crippen LogP contribution in [0.1, 0.15) is 5.56 Å². The standard InChI is InChI=1S/C11H18N2O2S/c1-10-6-4-5-7-11(10)12-16(14,15)9-8-13(2)3/h4-7,12H,8-9H2,1-3H3. The van der Waals surface area contributed by atoms with Gasteiger partial charge in [0.2, 0.25) is 10.0 Å². The van der Waals surface area contributed by atoms with Gasteiger partial charge < -0.3 is 4.90 Å². The summed E-state index contributed by atoms with van der Waals surface area (Å²) in [5.41, 5.74) is 1.58. The van der Waals surface area contributed by atoms with Crippen LogP contribution in [0.2, 0.25) is 0 Å². The number of rotatable bonds is 5. The van der Waals surface area contributed by atoms with E-state index in [2.05, 4.69) is 4.72 Å². The Morgan fingerprint density at radius 1 is 1.25 bits per heavy atom. The summed E-state index contributed by atoms with van der Waals surface area (Å²) in [5.74, 6) is 0.105. The molecule has 0 aliphatic rings. The molecule has 0 amide bonds. The molecule has 0 heterocycles. The van der Waals surface area contributed by atoms with Crippen molar-refractivity contribution < 1.29 is 8.42 Å². The molecular formula is C11H18N2O2S. The maximum atomic E-state index is 11.7. The minimum absolute atomic E-state index is 0.105. The third kappa shape index (κ3) is 4.20. The number of nitrogens with one attached hydrogen (secondary N) is 1. The highest BCUT2D eigenvalue weighted by atomic mass is 32.2. The maximum absolute atomic E-state index is 11.7. The van der Waals surface area contributed by atoms with E-state index >= 15 is 0 Å². The number of hydrogen-bond acceptors (Lipinski definition) is 3. The van der Waals surface area contributed by atoms with E-state index in [-0.39, 0.29) is 5.75 Å². The van der Waals surface area contributed by atoms with Crippen molar-refractivity contribution in [3.63, 3.8) is 0 Å². The zero-order chi connectivity index (χ0) is 12.2. The fourth-order valence-electron chi connectivity index (χ4n) is 1.21. The molecule has 4 nitrogen and oxygen atoms in total. The van der Waals surface area contributed by atoms with E-state index in [4.69, 9.17) is 0 Å². The number of nitrogens with zero attached hydrogens (tertiary/aromatic N) is 1. The lowest BCUT2D eigenvalue weighted by atomic mass is 10.2. The fraction of sp³-hybridized carbons (Fsp3) is 0.455. The van der Waals surface area contributed by atoms with Crippen LogP contribution in [0.15, 0.2) is 24.3 Å². The lowest BCUT2D eigenvalue weighted by molar-refractivity contribution is 0.432. The summed E-state index contributed by atoms with van der Waals surface area (Å²) >= 11 is 0. The second kappa shape index (κ2) is 5.32. The van der Waals surface area contributed by atoms with Crippen molar-refractivity contribution in [2.24, 2.45) is 0 Å². The van der Waals surface area contributed by atoms with Gasteiger partial charge in [0, 0.05) is 6.54 Å². The van der Waals surface area contributed by atoms with Gasteiger partial charge in [-0.1, -0.05) is 18.2 Å². The first-order chi connectivity index (χ1) is 7.41. The fourth-order valence-corrected chi connectivity index (χ4v) is 2.48. The number of benzene rings is 1. The maximum Gasteiger partial charge on any atom is 0.233 e. The average Bonchev–Trinajstić information content (AvgIpc) is 2.19. The summed E-state index contributed by atoms with van der Waals surface area (Å²) in [6.07, 6.45) is 0. The molecule has 1 aromatic carbocycles. The molecule has 0 aliphatic heterocycles. The normalized spacial score (nSPS) is 11.8. The van der Waals surface area contributed by atoms with Gasteiger partial charge in [-0.25, -0.2) is 8.42 Å². The first kappa shape index (κ1) is 13.0. The Hall–Kier alpha value is -1.07. The van der Waals surface area contributed by atoms with Crippen molar-refractivity contribution in [1.29, 1.82) is 0 Å². The van der Waals surface area contributed by atoms with Gasteiger partial charge in [-0.05, 0) is 32.6 Å². The smallest absolute Gasteiger partial charge is 0.233 e. The number of aryl methyl sites for hydroxylation is 1. The molecule has 1 aromatic rings. The third-order valence-electron chi connectivity index (χ3n) is 2.22. The van der Waals surface area contributed by atoms with Crippen LogP contribution in [-0.4, -0.2) is 39.7 Å². The zero-order valence-corrected chi connectivity index (χ0v) is 10.7. The van der Waals surface area contributed by atoms with Gasteiger partial charge in [-0.15, -0.1) is 0 Å². The monoisotopic (exact) mass is 242 g/mol. The Balaban J connectivity index is 2.70. The second-order valence-electron chi connectivity index (χ2n) is 4.04. The molecule has 16 heavy (non-hydrogen) atoms. The van der Waals surface area contributed by atoms with Crippen LogP contribution in [-0.2, 0) is 10.0 Å². The van der Waals surface area contributed by atoms with Crippen molar-refractivity contribution in [2.45, 2.75) is 6.92 Å². The van der Waals surface area contributed by atoms with Crippen LogP contribution in [0.5, 0.6) is 0 Å². The topological polar surface area (TPSA) is 49.4 Å². The molecule has 0 fully saturated rings. The molecule has 0 spiro atoms. The summed E-state index contributed by atoms with van der Waals surface area (Å²) in [6.45, 7) is 2.39. The molecule has 5 heteroatoms. The van der Waals surface area contributed by atoms with Crippen LogP contribution in [0.4, 0.5) is 5.69 Å². The highest BCUT2D eigenvalue weighted by Crippen LogP contribution is 2.14. The molecular weight excluding hydrogens is 224 g/mol. The number of sulfonamides is 1. The van der Waals surface area contributed by atoms with Crippen molar-refractivity contribution in [1.82, 2.24) is 4.90 Å². The molecule has 0 unspecified atom stereocenters. The summed E-state index contributed by atoms with van der Waals surface area (Å²) in [5, 5.41) is 0. The number of hydrogen-bond donors (Lipinski definition) is 1. The SMILES string of the molecule is Cc1ccccc1NS(=O)(=O)CCN(C)C. The van der Waals surface area contributed by atoms with Crippen molar-refractivity contribution in [3.8, 4) is 0 Å². The predicted octanol–water partition coefficient (Wildman–Crippen LogP) is 1.30. The van der Waals surface area contributed by atoms with Crippen molar-refractivity contribution in [2.75, 3.05) is 31.1 Å². The van der Waals surface area contributed by atoms with Crippen LogP contribution in [0.3, 0.4) is 0 Å². The van der Waals surface area contributed by atoms with E-state index in [0.717, 1.165) is 5.56 Å². The van der Waals surface area contributed by atoms with Gasteiger partial charge in [0.05, 0.1) is 11.4 Å². The van der Waals surface area contributed by atoms with Crippen LogP contribution < -0.4 is 4.72 Å². The Kier molecular flexibility index (Phi) is 4.32. The Bertz CT molecular complexity index is 441. The minimum atomic E-state index is -3.24. The summed E-state index contributed by atoms with van der Waals surface area (Å²) < 4.78 is 26.0. The first-order valence-corrected chi connectivity index (χ1v) is 6.77. The number of anilines is 1. The highest BCUT2D eigenvalue weighted by Gasteiger charge is 2.11. The second-order valence-corrected chi connectivity index (χ2v) is 5.88. The summed E-state index contributed by atoms with van der Waals surface area (Å²) in [6, 6.07) is 7.34. The largest absolute Gasteiger partial charge is 0.308 e. The zero-order valence-electron chi connectivity index (χ0n) is 9.90. The molecule has 0 aromatic heterocycles. The van der Waals surface area contributed by atoms with Gasteiger partial charge in [0.25, 0.3) is 0 Å². The minimum Gasteiger partial charge on any atom is -0.308 e. The molecule has 0 aliphatic carbocycles. The average molecular weight is 242 g/mol. The molecule has 0 bridgehead atoms. The van der Waals surface area contributed by atoms with Gasteiger partial charge in [-0.3, -0.25) is 4.72 Å². The Morgan fingerprint density at radius 3 is 2.44 bits per heavy atom. The molecule has 0 saturated carbocycles. The Morgan fingerprint density at radius 2 is 1.88 bits per heavy atom. The van der Waals surface area contributed by atoms with Crippen molar-refractivity contribution >= 4 is 15.7 Å². The molecule has 1 rings (SSSR count). The van der Waals surface area contributed by atoms with Gasteiger partial charge >= 0.3 is 0 Å². The predicted molar refractivity (Wildman–Crippen MR) is 67.1 cm³/mol. The number of para-hydroxylation sites is 1. The van der Waals surface area contributed by atoms with E-state index < -0.39 is 10.0 Å². The molecule has 0 saturated heterocycles. The van der Waals surface area contributed by atoms with Crippen molar-refractivity contribution in [3.05, 3.63) is 29.8 Å². The van der Waals surface area contributed by atoms with Gasteiger partial charge in [0.1, 0.15) is 0 Å². The van der Waals surface area contributed by atoms with E-state index in [1.54, 1.807) is 6.07 Å². The third-order valence-corrected chi connectivity index (χ3v) is 3.47. The van der Waals surface area contributed by atoms with E-state index in [9.17, 15) is 8.42 Å². The van der Waals surface area contributed by atoms with Crippen LogP contribution >= 0.6 is 0 Å². The van der Waals surface area contributed by atoms with E-state index in [0.29, 0.717) is 12.2 Å². The lowest BCUT2D eigenvalue weighted by Crippen LogP contribution is -2.26. The molecule has 90 valence electrons. The first-order valence-electron chi connectivity index (χ1n) is 5.11. The van der Waals surface area contributed by atoms with Crippen LogP contribution in [0, 0.1) is 6.92 Å². The summed E-state index contributed by atoms with van der Waals surface area (Å²) in [7, 11) is 0.457. The lowest BCUT2D eigenvalue weighted by Gasteiger charge is -2.12. The molecule has 0 atom stereocenters. The van der Waals surface area contributed by atoms with E-state index in [1.165, 1.54) is 0 Å². The Labute approximate surface area is 97.3 Å². The summed E-state index contributed by atoms with van der Waals surface area (Å²) in [4.78, 5) is 1.84. The molecule has 1 N–H and O–H groups in total. The molecule has 0 radical (unpaired) electrons. The van der Waals surface area contributed by atoms with Crippen LogP contribution in [0.25, 0.3) is 0 Å². The van der Waals surface area contributed by atoms with Gasteiger partial charge in [0.15, 0.2) is 0 Å².